The lowest BCUT2D eigenvalue weighted by molar-refractivity contribution is -0.138. The summed E-state index contributed by atoms with van der Waals surface area (Å²) in [5.74, 6) is -0.0948. The molecular formula is C13H15N3O2. The van der Waals surface area contributed by atoms with E-state index < -0.39 is 5.97 Å². The summed E-state index contributed by atoms with van der Waals surface area (Å²) in [5, 5.41) is 8.92. The van der Waals surface area contributed by atoms with Crippen LogP contribution >= 0.6 is 0 Å². The molecule has 5 heteroatoms. The van der Waals surface area contributed by atoms with Gasteiger partial charge < -0.3 is 15.8 Å². The number of carboxylic acids is 1. The molecule has 3 unspecified atom stereocenters. The number of carboxylic acid groups (broad SMARTS) is 1. The second-order valence-electron chi connectivity index (χ2n) is 4.97. The van der Waals surface area contributed by atoms with Crippen LogP contribution in [0.4, 0.5) is 0 Å². The number of nitrogens with two attached hydrogens (primary N) is 1. The summed E-state index contributed by atoms with van der Waals surface area (Å²) in [7, 11) is 0. The number of H-pyrrole nitrogens is 1. The van der Waals surface area contributed by atoms with E-state index in [0.717, 1.165) is 22.4 Å². The van der Waals surface area contributed by atoms with Gasteiger partial charge in [0.05, 0.1) is 17.0 Å². The zero-order valence-electron chi connectivity index (χ0n) is 10.1. The van der Waals surface area contributed by atoms with Crippen LogP contribution in [0.5, 0.6) is 0 Å². The number of nitrogens with zero attached hydrogens (tertiary/aromatic N) is 1. The van der Waals surface area contributed by atoms with Crippen molar-refractivity contribution in [3.63, 3.8) is 0 Å². The van der Waals surface area contributed by atoms with E-state index in [-0.39, 0.29) is 17.9 Å². The number of carbonyl (C=O) groups is 1. The molecule has 94 valence electrons. The maximum Gasteiger partial charge on any atom is 0.306 e. The topological polar surface area (TPSA) is 92.0 Å². The van der Waals surface area contributed by atoms with Crippen molar-refractivity contribution in [2.24, 2.45) is 17.6 Å². The fraction of sp³-hybridized carbons (Fsp3) is 0.385. The molecule has 3 atom stereocenters. The van der Waals surface area contributed by atoms with Crippen molar-refractivity contribution in [3.05, 3.63) is 29.6 Å². The van der Waals surface area contributed by atoms with E-state index >= 15 is 0 Å². The molecule has 1 fully saturated rings. The molecule has 0 spiro atoms. The van der Waals surface area contributed by atoms with Crippen LogP contribution in [-0.4, -0.2) is 21.0 Å². The summed E-state index contributed by atoms with van der Waals surface area (Å²) in [5.41, 5.74) is 8.96. The van der Waals surface area contributed by atoms with E-state index in [1.54, 1.807) is 0 Å². The lowest BCUT2D eigenvalue weighted by atomic mass is 10.0. The number of aryl methyl sites for hydroxylation is 1. The number of fused-ring (bicyclic) bond motifs is 1. The van der Waals surface area contributed by atoms with E-state index in [1.807, 2.05) is 25.1 Å². The number of benzene rings is 1. The SMILES string of the molecule is Cc1nc2ccc(C(N)C3CC3C(=O)O)cc2[nH]1. The van der Waals surface area contributed by atoms with Gasteiger partial charge in [0.15, 0.2) is 0 Å². The molecule has 1 aliphatic rings. The largest absolute Gasteiger partial charge is 0.481 e. The van der Waals surface area contributed by atoms with Crippen LogP contribution in [0.1, 0.15) is 23.9 Å². The van der Waals surface area contributed by atoms with Crippen LogP contribution in [0.25, 0.3) is 11.0 Å². The Kier molecular flexibility index (Phi) is 2.38. The highest BCUT2D eigenvalue weighted by molar-refractivity contribution is 5.76. The summed E-state index contributed by atoms with van der Waals surface area (Å²) in [6.45, 7) is 1.90. The maximum atomic E-state index is 10.9. The van der Waals surface area contributed by atoms with Crippen LogP contribution in [0.3, 0.4) is 0 Å². The van der Waals surface area contributed by atoms with Gasteiger partial charge in [-0.05, 0) is 37.0 Å². The first-order valence-corrected chi connectivity index (χ1v) is 6.01. The molecule has 0 bridgehead atoms. The van der Waals surface area contributed by atoms with E-state index in [2.05, 4.69) is 9.97 Å². The molecule has 0 amide bonds. The summed E-state index contributed by atoms with van der Waals surface area (Å²) < 4.78 is 0. The Bertz CT molecular complexity index is 620. The second kappa shape index (κ2) is 3.81. The Labute approximate surface area is 104 Å². The van der Waals surface area contributed by atoms with Crippen LogP contribution in [0, 0.1) is 18.8 Å². The molecule has 1 aromatic heterocycles. The van der Waals surface area contributed by atoms with Gasteiger partial charge in [0.25, 0.3) is 0 Å². The number of imidazole rings is 1. The van der Waals surface area contributed by atoms with Gasteiger partial charge in [0.1, 0.15) is 5.82 Å². The zero-order chi connectivity index (χ0) is 12.9. The zero-order valence-corrected chi connectivity index (χ0v) is 10.1. The third-order valence-electron chi connectivity index (χ3n) is 3.63. The van der Waals surface area contributed by atoms with Crippen molar-refractivity contribution in [3.8, 4) is 0 Å². The number of hydrogen-bond donors (Lipinski definition) is 3. The molecule has 3 rings (SSSR count). The van der Waals surface area contributed by atoms with Crippen molar-refractivity contribution in [2.75, 3.05) is 0 Å². The normalized spacial score (nSPS) is 24.1. The van der Waals surface area contributed by atoms with Crippen LogP contribution in [0.2, 0.25) is 0 Å². The van der Waals surface area contributed by atoms with Gasteiger partial charge in [-0.3, -0.25) is 4.79 Å². The Morgan fingerprint density at radius 1 is 1.61 bits per heavy atom. The number of nitrogens with one attached hydrogen (secondary N) is 1. The Hall–Kier alpha value is -1.88. The molecule has 1 saturated carbocycles. The van der Waals surface area contributed by atoms with Crippen LogP contribution < -0.4 is 5.73 Å². The van der Waals surface area contributed by atoms with E-state index in [1.165, 1.54) is 0 Å². The molecular weight excluding hydrogens is 230 g/mol. The van der Waals surface area contributed by atoms with E-state index in [9.17, 15) is 4.79 Å². The summed E-state index contributed by atoms with van der Waals surface area (Å²) in [6, 6.07) is 5.62. The molecule has 4 N–H and O–H groups in total. The molecule has 1 aliphatic carbocycles. The van der Waals surface area contributed by atoms with Crippen molar-refractivity contribution in [1.82, 2.24) is 9.97 Å². The highest BCUT2D eigenvalue weighted by Gasteiger charge is 2.47. The van der Waals surface area contributed by atoms with Gasteiger partial charge in [0.2, 0.25) is 0 Å². The van der Waals surface area contributed by atoms with Crippen molar-refractivity contribution in [2.45, 2.75) is 19.4 Å². The number of aromatic nitrogens is 2. The minimum absolute atomic E-state index is 0.0592. The first kappa shape index (κ1) is 11.2. The number of rotatable bonds is 3. The van der Waals surface area contributed by atoms with Crippen molar-refractivity contribution in [1.29, 1.82) is 0 Å². The van der Waals surface area contributed by atoms with Gasteiger partial charge in [0, 0.05) is 6.04 Å². The molecule has 1 aromatic carbocycles. The van der Waals surface area contributed by atoms with Gasteiger partial charge in [-0.15, -0.1) is 0 Å². The van der Waals surface area contributed by atoms with Gasteiger partial charge in [-0.25, -0.2) is 4.98 Å². The third-order valence-corrected chi connectivity index (χ3v) is 3.63. The van der Waals surface area contributed by atoms with Crippen molar-refractivity contribution >= 4 is 17.0 Å². The molecule has 18 heavy (non-hydrogen) atoms. The van der Waals surface area contributed by atoms with Gasteiger partial charge in [-0.2, -0.15) is 0 Å². The molecule has 0 aliphatic heterocycles. The maximum absolute atomic E-state index is 10.9. The summed E-state index contributed by atoms with van der Waals surface area (Å²) >= 11 is 0. The third kappa shape index (κ3) is 1.76. The highest BCUT2D eigenvalue weighted by Crippen LogP contribution is 2.46. The quantitative estimate of drug-likeness (QED) is 0.765. The lowest BCUT2D eigenvalue weighted by Gasteiger charge is -2.10. The molecule has 2 aromatic rings. The first-order chi connectivity index (χ1) is 8.56. The van der Waals surface area contributed by atoms with Crippen LogP contribution in [0.15, 0.2) is 18.2 Å². The molecule has 0 radical (unpaired) electrons. The predicted molar refractivity (Wildman–Crippen MR) is 67.0 cm³/mol. The number of aliphatic carboxylic acids is 1. The summed E-state index contributed by atoms with van der Waals surface area (Å²) in [4.78, 5) is 18.3. The number of hydrogen-bond acceptors (Lipinski definition) is 3. The van der Waals surface area contributed by atoms with Gasteiger partial charge >= 0.3 is 5.97 Å². The second-order valence-corrected chi connectivity index (χ2v) is 4.97. The van der Waals surface area contributed by atoms with Gasteiger partial charge in [-0.1, -0.05) is 6.07 Å². The minimum atomic E-state index is -0.742. The highest BCUT2D eigenvalue weighted by atomic mass is 16.4. The summed E-state index contributed by atoms with van der Waals surface area (Å²) in [6.07, 6.45) is 0.677. The fourth-order valence-corrected chi connectivity index (χ4v) is 2.50. The van der Waals surface area contributed by atoms with E-state index in [4.69, 9.17) is 10.8 Å². The average molecular weight is 245 g/mol. The fourth-order valence-electron chi connectivity index (χ4n) is 2.50. The molecule has 0 saturated heterocycles. The Morgan fingerprint density at radius 3 is 3.06 bits per heavy atom. The Balaban J connectivity index is 1.88. The predicted octanol–water partition coefficient (Wildman–Crippen LogP) is 1.59. The molecule has 1 heterocycles. The monoisotopic (exact) mass is 245 g/mol. The average Bonchev–Trinajstić information content (AvgIpc) is 3.03. The van der Waals surface area contributed by atoms with Crippen molar-refractivity contribution < 1.29 is 9.90 Å². The molecule has 5 nitrogen and oxygen atoms in total. The first-order valence-electron chi connectivity index (χ1n) is 6.01. The lowest BCUT2D eigenvalue weighted by Crippen LogP contribution is -2.15. The minimum Gasteiger partial charge on any atom is -0.481 e. The van der Waals surface area contributed by atoms with E-state index in [0.29, 0.717) is 6.42 Å². The smallest absolute Gasteiger partial charge is 0.306 e. The van der Waals surface area contributed by atoms with Crippen LogP contribution in [-0.2, 0) is 4.79 Å². The Morgan fingerprint density at radius 2 is 2.39 bits per heavy atom. The standard InChI is InChI=1S/C13H15N3O2/c1-6-15-10-3-2-7(4-11(10)16-6)12(14)8-5-9(8)13(17)18/h2-4,8-9,12H,5,14H2,1H3,(H,15,16)(H,17,18). The number of aromatic amines is 1.